The van der Waals surface area contributed by atoms with E-state index < -0.39 is 0 Å². The van der Waals surface area contributed by atoms with Crippen LogP contribution in [0, 0.1) is 11.7 Å². The first-order valence-electron chi connectivity index (χ1n) is 8.37. The van der Waals surface area contributed by atoms with E-state index in [-0.39, 0.29) is 23.6 Å². The lowest BCUT2D eigenvalue weighted by atomic mass is 9.90. The maximum atomic E-state index is 12.9. The van der Waals surface area contributed by atoms with E-state index in [0.717, 1.165) is 12.1 Å². The molecule has 1 fully saturated rings. The molecule has 1 amide bonds. The van der Waals surface area contributed by atoms with Crippen LogP contribution in [-0.2, 0) is 11.8 Å². The zero-order valence-electron chi connectivity index (χ0n) is 14.5. The Kier molecular flexibility index (Phi) is 5.33. The van der Waals surface area contributed by atoms with Gasteiger partial charge in [0.15, 0.2) is 0 Å². The van der Waals surface area contributed by atoms with Crippen molar-refractivity contribution in [3.8, 4) is 5.75 Å². The number of aryl methyl sites for hydroxylation is 1. The molecule has 2 heterocycles. The predicted octanol–water partition coefficient (Wildman–Crippen LogP) is 1.40. The summed E-state index contributed by atoms with van der Waals surface area (Å²) in [5, 5.41) is 7.51. The standard InChI is InChI=1S/C18H23FN4O2/c1-22(7-8-25-15-5-3-14(19)4-6-15)18(24)17-11-20-10-16(17)13-9-21-23(2)12-13/h3-6,9,12,16-17,20H,7-8,10-11H2,1-2H3/t16-,17+/m1/s1. The highest BCUT2D eigenvalue weighted by atomic mass is 19.1. The molecular weight excluding hydrogens is 323 g/mol. The molecule has 0 saturated carbocycles. The summed E-state index contributed by atoms with van der Waals surface area (Å²) in [5.74, 6) is 0.441. The van der Waals surface area contributed by atoms with Crippen LogP contribution in [0.15, 0.2) is 36.7 Å². The van der Waals surface area contributed by atoms with Crippen molar-refractivity contribution in [2.75, 3.05) is 33.3 Å². The largest absolute Gasteiger partial charge is 0.492 e. The average molecular weight is 346 g/mol. The van der Waals surface area contributed by atoms with E-state index in [1.165, 1.54) is 12.1 Å². The molecule has 25 heavy (non-hydrogen) atoms. The monoisotopic (exact) mass is 346 g/mol. The molecule has 7 heteroatoms. The zero-order chi connectivity index (χ0) is 17.8. The van der Waals surface area contributed by atoms with Gasteiger partial charge in [0.1, 0.15) is 18.2 Å². The topological polar surface area (TPSA) is 59.4 Å². The number of amides is 1. The van der Waals surface area contributed by atoms with Crippen LogP contribution in [0.2, 0.25) is 0 Å². The maximum absolute atomic E-state index is 12.9. The molecule has 1 aromatic carbocycles. The molecule has 0 aliphatic carbocycles. The first-order valence-corrected chi connectivity index (χ1v) is 8.37. The van der Waals surface area contributed by atoms with Crippen LogP contribution in [-0.4, -0.2) is 53.9 Å². The highest BCUT2D eigenvalue weighted by Gasteiger charge is 2.36. The van der Waals surface area contributed by atoms with Crippen molar-refractivity contribution >= 4 is 5.91 Å². The Labute approximate surface area is 146 Å². The van der Waals surface area contributed by atoms with E-state index in [9.17, 15) is 9.18 Å². The van der Waals surface area contributed by atoms with Gasteiger partial charge in [0.05, 0.1) is 18.7 Å². The van der Waals surface area contributed by atoms with Crippen molar-refractivity contribution in [1.82, 2.24) is 20.0 Å². The highest BCUT2D eigenvalue weighted by Crippen LogP contribution is 2.29. The van der Waals surface area contributed by atoms with E-state index in [1.54, 1.807) is 28.8 Å². The summed E-state index contributed by atoms with van der Waals surface area (Å²) in [4.78, 5) is 14.5. The molecule has 0 radical (unpaired) electrons. The third-order valence-corrected chi connectivity index (χ3v) is 4.57. The molecule has 0 unspecified atom stereocenters. The maximum Gasteiger partial charge on any atom is 0.227 e. The Morgan fingerprint density at radius 2 is 2.16 bits per heavy atom. The third-order valence-electron chi connectivity index (χ3n) is 4.57. The van der Waals surface area contributed by atoms with Gasteiger partial charge < -0.3 is 15.0 Å². The fourth-order valence-electron chi connectivity index (χ4n) is 3.14. The van der Waals surface area contributed by atoms with Crippen molar-refractivity contribution in [2.45, 2.75) is 5.92 Å². The van der Waals surface area contributed by atoms with Crippen LogP contribution in [0.25, 0.3) is 0 Å². The Morgan fingerprint density at radius 1 is 1.40 bits per heavy atom. The molecule has 6 nitrogen and oxygen atoms in total. The van der Waals surface area contributed by atoms with Crippen molar-refractivity contribution in [3.63, 3.8) is 0 Å². The van der Waals surface area contributed by atoms with E-state index in [1.807, 2.05) is 19.4 Å². The Balaban J connectivity index is 1.53. The Morgan fingerprint density at radius 3 is 2.84 bits per heavy atom. The SMILES string of the molecule is CN(CCOc1ccc(F)cc1)C(=O)[C@H]1CNC[C@@H]1c1cnn(C)c1. The zero-order valence-corrected chi connectivity index (χ0v) is 14.5. The number of aromatic nitrogens is 2. The fraction of sp³-hybridized carbons (Fsp3) is 0.444. The third kappa shape index (κ3) is 4.17. The summed E-state index contributed by atoms with van der Waals surface area (Å²) in [7, 11) is 3.66. The molecule has 1 N–H and O–H groups in total. The fourth-order valence-corrected chi connectivity index (χ4v) is 3.14. The summed E-state index contributed by atoms with van der Waals surface area (Å²) in [5.41, 5.74) is 1.09. The van der Waals surface area contributed by atoms with E-state index in [4.69, 9.17) is 4.74 Å². The van der Waals surface area contributed by atoms with Gasteiger partial charge in [-0.2, -0.15) is 5.10 Å². The van der Waals surface area contributed by atoms with Gasteiger partial charge in [-0.25, -0.2) is 4.39 Å². The molecule has 134 valence electrons. The average Bonchev–Trinajstić information content (AvgIpc) is 3.24. The van der Waals surface area contributed by atoms with Crippen LogP contribution in [0.5, 0.6) is 5.75 Å². The van der Waals surface area contributed by atoms with Gasteiger partial charge in [0.2, 0.25) is 5.91 Å². The van der Waals surface area contributed by atoms with Crippen molar-refractivity contribution in [3.05, 3.63) is 48.0 Å². The second-order valence-electron chi connectivity index (χ2n) is 6.38. The van der Waals surface area contributed by atoms with Gasteiger partial charge in [-0.05, 0) is 29.8 Å². The lowest BCUT2D eigenvalue weighted by Crippen LogP contribution is -2.38. The highest BCUT2D eigenvalue weighted by molar-refractivity contribution is 5.80. The summed E-state index contributed by atoms with van der Waals surface area (Å²) in [6.07, 6.45) is 3.80. The van der Waals surface area contributed by atoms with Gasteiger partial charge in [0, 0.05) is 39.3 Å². The summed E-state index contributed by atoms with van der Waals surface area (Å²) >= 11 is 0. The number of carbonyl (C=O) groups is 1. The van der Waals surface area contributed by atoms with E-state index in [0.29, 0.717) is 25.4 Å². The quantitative estimate of drug-likeness (QED) is 0.859. The summed E-state index contributed by atoms with van der Waals surface area (Å²) in [6, 6.07) is 5.87. The number of likely N-dealkylation sites (N-methyl/N-ethyl adjacent to an activating group) is 1. The van der Waals surface area contributed by atoms with Gasteiger partial charge in [-0.3, -0.25) is 9.48 Å². The number of ether oxygens (including phenoxy) is 1. The minimum absolute atomic E-state index is 0.0972. The Hall–Kier alpha value is -2.41. The number of halogens is 1. The number of hydrogen-bond acceptors (Lipinski definition) is 4. The molecule has 1 aromatic heterocycles. The van der Waals surface area contributed by atoms with Crippen molar-refractivity contribution in [1.29, 1.82) is 0 Å². The lowest BCUT2D eigenvalue weighted by Gasteiger charge is -2.24. The molecule has 1 aliphatic rings. The second kappa shape index (κ2) is 7.65. The van der Waals surface area contributed by atoms with E-state index in [2.05, 4.69) is 10.4 Å². The van der Waals surface area contributed by atoms with Crippen LogP contribution >= 0.6 is 0 Å². The second-order valence-corrected chi connectivity index (χ2v) is 6.38. The summed E-state index contributed by atoms with van der Waals surface area (Å²) in [6.45, 7) is 2.29. The normalized spacial score (nSPS) is 19.8. The van der Waals surface area contributed by atoms with Gasteiger partial charge in [-0.1, -0.05) is 0 Å². The van der Waals surface area contributed by atoms with Gasteiger partial charge in [-0.15, -0.1) is 0 Å². The number of carbonyl (C=O) groups excluding carboxylic acids is 1. The van der Waals surface area contributed by atoms with Crippen molar-refractivity contribution in [2.24, 2.45) is 13.0 Å². The van der Waals surface area contributed by atoms with Crippen LogP contribution in [0.3, 0.4) is 0 Å². The smallest absolute Gasteiger partial charge is 0.227 e. The minimum Gasteiger partial charge on any atom is -0.492 e. The number of rotatable bonds is 6. The molecule has 2 aromatic rings. The van der Waals surface area contributed by atoms with Gasteiger partial charge >= 0.3 is 0 Å². The number of hydrogen-bond donors (Lipinski definition) is 1. The van der Waals surface area contributed by atoms with Crippen molar-refractivity contribution < 1.29 is 13.9 Å². The first kappa shape index (κ1) is 17.4. The predicted molar refractivity (Wildman–Crippen MR) is 91.8 cm³/mol. The number of benzene rings is 1. The molecule has 0 bridgehead atoms. The molecular formula is C18H23FN4O2. The first-order chi connectivity index (χ1) is 12.0. The number of nitrogens with zero attached hydrogens (tertiary/aromatic N) is 3. The molecule has 0 spiro atoms. The lowest BCUT2D eigenvalue weighted by molar-refractivity contribution is -0.134. The van der Waals surface area contributed by atoms with Crippen LogP contribution < -0.4 is 10.1 Å². The van der Waals surface area contributed by atoms with Crippen LogP contribution in [0.1, 0.15) is 11.5 Å². The molecule has 1 aliphatic heterocycles. The molecule has 1 saturated heterocycles. The minimum atomic E-state index is -0.296. The molecule has 3 rings (SSSR count). The Bertz CT molecular complexity index is 716. The number of nitrogens with one attached hydrogen (secondary N) is 1. The summed E-state index contributed by atoms with van der Waals surface area (Å²) < 4.78 is 20.2. The molecule has 2 atom stereocenters. The van der Waals surface area contributed by atoms with Gasteiger partial charge in [0.25, 0.3) is 0 Å². The van der Waals surface area contributed by atoms with Crippen LogP contribution in [0.4, 0.5) is 4.39 Å². The van der Waals surface area contributed by atoms with E-state index >= 15 is 0 Å².